The monoisotopic (exact) mass is 462 g/mol. The second-order valence-corrected chi connectivity index (χ2v) is 11.3. The van der Waals surface area contributed by atoms with E-state index >= 15 is 0 Å². The molecule has 2 aliphatic heterocycles. The molecule has 0 radical (unpaired) electrons. The third kappa shape index (κ3) is 4.84. The van der Waals surface area contributed by atoms with E-state index in [-0.39, 0.29) is 43.8 Å². The van der Waals surface area contributed by atoms with E-state index in [4.69, 9.17) is 4.74 Å². The maximum absolute atomic E-state index is 14.2. The van der Waals surface area contributed by atoms with Crippen LogP contribution in [0.1, 0.15) is 45.6 Å². The molecule has 31 heavy (non-hydrogen) atoms. The zero-order chi connectivity index (χ0) is 23.2. The van der Waals surface area contributed by atoms with Gasteiger partial charge in [-0.3, -0.25) is 0 Å². The lowest BCUT2D eigenvalue weighted by atomic mass is 9.72. The first kappa shape index (κ1) is 23.8. The second kappa shape index (κ2) is 7.95. The molecule has 1 aromatic carbocycles. The summed E-state index contributed by atoms with van der Waals surface area (Å²) in [5.74, 6) is 0. The zero-order valence-corrected chi connectivity index (χ0v) is 19.0. The Balaban J connectivity index is 1.85. The van der Waals surface area contributed by atoms with Crippen molar-refractivity contribution in [3.63, 3.8) is 0 Å². The molecule has 0 aromatic heterocycles. The van der Waals surface area contributed by atoms with Gasteiger partial charge in [0, 0.05) is 25.0 Å². The van der Waals surface area contributed by atoms with Gasteiger partial charge >= 0.3 is 12.3 Å². The van der Waals surface area contributed by atoms with Crippen LogP contribution in [0.4, 0.5) is 18.0 Å². The van der Waals surface area contributed by atoms with Gasteiger partial charge in [-0.1, -0.05) is 17.7 Å². The number of carbonyl (C=O) groups is 1. The first-order valence-corrected chi connectivity index (χ1v) is 11.7. The smallest absolute Gasteiger partial charge is 0.410 e. The highest BCUT2D eigenvalue weighted by Crippen LogP contribution is 2.52. The van der Waals surface area contributed by atoms with Gasteiger partial charge in [0.05, 0.1) is 4.90 Å². The van der Waals surface area contributed by atoms with Gasteiger partial charge in [0.2, 0.25) is 10.0 Å². The van der Waals surface area contributed by atoms with Crippen LogP contribution in [0.5, 0.6) is 0 Å². The fourth-order valence-corrected chi connectivity index (χ4v) is 6.21. The van der Waals surface area contributed by atoms with E-state index in [1.165, 1.54) is 17.0 Å². The van der Waals surface area contributed by atoms with E-state index in [1.54, 1.807) is 39.8 Å². The molecule has 1 aromatic rings. The molecule has 1 unspecified atom stereocenters. The van der Waals surface area contributed by atoms with E-state index in [0.717, 1.165) is 5.56 Å². The Kier molecular flexibility index (Phi) is 6.12. The third-order valence-electron chi connectivity index (χ3n) is 6.05. The molecule has 2 fully saturated rings. The molecule has 6 nitrogen and oxygen atoms in total. The maximum atomic E-state index is 14.2. The van der Waals surface area contributed by atoms with E-state index in [2.05, 4.69) is 0 Å². The fraction of sp³-hybridized carbons (Fsp3) is 0.667. The summed E-state index contributed by atoms with van der Waals surface area (Å²) in [6, 6.07) is 3.70. The average Bonchev–Trinajstić information content (AvgIpc) is 3.01. The van der Waals surface area contributed by atoms with Gasteiger partial charge in [0.1, 0.15) is 11.6 Å². The van der Waals surface area contributed by atoms with Gasteiger partial charge in [-0.2, -0.15) is 17.5 Å². The van der Waals surface area contributed by atoms with Crippen molar-refractivity contribution in [2.45, 2.75) is 69.7 Å². The van der Waals surface area contributed by atoms with Crippen molar-refractivity contribution in [3.8, 4) is 0 Å². The van der Waals surface area contributed by atoms with Crippen molar-refractivity contribution in [1.82, 2.24) is 9.21 Å². The molecule has 2 saturated heterocycles. The Bertz CT molecular complexity index is 915. The number of amides is 1. The van der Waals surface area contributed by atoms with Crippen molar-refractivity contribution in [3.05, 3.63) is 29.8 Å². The van der Waals surface area contributed by atoms with Gasteiger partial charge in [-0.05, 0) is 59.1 Å². The lowest BCUT2D eigenvalue weighted by molar-refractivity contribution is -0.193. The molecule has 2 aliphatic rings. The lowest BCUT2D eigenvalue weighted by Crippen LogP contribution is -2.56. The van der Waals surface area contributed by atoms with Crippen LogP contribution < -0.4 is 0 Å². The molecule has 0 N–H and O–H groups in total. The lowest BCUT2D eigenvalue weighted by Gasteiger charge is -2.44. The molecular formula is C21H29F3N2O4S. The summed E-state index contributed by atoms with van der Waals surface area (Å²) in [4.78, 5) is 13.6. The molecule has 0 saturated carbocycles. The minimum absolute atomic E-state index is 0.0658. The summed E-state index contributed by atoms with van der Waals surface area (Å²) >= 11 is 0. The molecule has 0 aliphatic carbocycles. The minimum atomic E-state index is -4.72. The SMILES string of the molecule is Cc1ccc(S(=O)(=O)N2CCC3(CCN(C(=O)OC(C)(C)C)CC3)C2C(F)(F)F)cc1. The normalized spacial score (nSPS) is 22.7. The van der Waals surface area contributed by atoms with Crippen molar-refractivity contribution in [2.75, 3.05) is 19.6 Å². The summed E-state index contributed by atoms with van der Waals surface area (Å²) in [5, 5.41) is 0. The van der Waals surface area contributed by atoms with Crippen molar-refractivity contribution in [2.24, 2.45) is 5.41 Å². The highest BCUT2D eigenvalue weighted by molar-refractivity contribution is 7.89. The maximum Gasteiger partial charge on any atom is 0.410 e. The van der Waals surface area contributed by atoms with Crippen LogP contribution in [0.2, 0.25) is 0 Å². The van der Waals surface area contributed by atoms with Gasteiger partial charge in [0.25, 0.3) is 0 Å². The molecule has 174 valence electrons. The van der Waals surface area contributed by atoms with E-state index in [9.17, 15) is 26.4 Å². The minimum Gasteiger partial charge on any atom is -0.444 e. The van der Waals surface area contributed by atoms with E-state index in [0.29, 0.717) is 4.31 Å². The van der Waals surface area contributed by atoms with Crippen molar-refractivity contribution < 1.29 is 31.1 Å². The van der Waals surface area contributed by atoms with Gasteiger partial charge in [-0.25, -0.2) is 13.2 Å². The highest BCUT2D eigenvalue weighted by Gasteiger charge is 2.63. The Hall–Kier alpha value is -1.81. The number of hydrogen-bond donors (Lipinski definition) is 0. The Morgan fingerprint density at radius 3 is 2.03 bits per heavy atom. The number of hydrogen-bond acceptors (Lipinski definition) is 4. The number of sulfonamides is 1. The van der Waals surface area contributed by atoms with Crippen LogP contribution in [0.3, 0.4) is 0 Å². The molecule has 0 bridgehead atoms. The number of alkyl halides is 3. The predicted octanol–water partition coefficient (Wildman–Crippen LogP) is 4.34. The average molecular weight is 463 g/mol. The Morgan fingerprint density at radius 2 is 1.55 bits per heavy atom. The number of rotatable bonds is 2. The van der Waals surface area contributed by atoms with Crippen LogP contribution in [0.15, 0.2) is 29.2 Å². The Morgan fingerprint density at radius 1 is 1.03 bits per heavy atom. The number of piperidine rings is 1. The summed E-state index contributed by atoms with van der Waals surface area (Å²) in [7, 11) is -4.31. The summed E-state index contributed by atoms with van der Waals surface area (Å²) < 4.78 is 74.8. The number of aryl methyl sites for hydroxylation is 1. The molecule has 1 atom stereocenters. The molecule has 3 rings (SSSR count). The standard InChI is InChI=1S/C21H29F3N2O4S/c1-15-5-7-16(8-6-15)31(28,29)26-14-11-20(17(26)21(22,23)24)9-12-25(13-10-20)18(27)30-19(2,3)4/h5-8,17H,9-14H2,1-4H3. The Labute approximate surface area is 181 Å². The second-order valence-electron chi connectivity index (χ2n) is 9.45. The highest BCUT2D eigenvalue weighted by atomic mass is 32.2. The number of carbonyl (C=O) groups excluding carboxylic acids is 1. The molecule has 10 heteroatoms. The van der Waals surface area contributed by atoms with Crippen molar-refractivity contribution >= 4 is 16.1 Å². The molecule has 2 heterocycles. The van der Waals surface area contributed by atoms with Crippen LogP contribution in [0, 0.1) is 12.3 Å². The van der Waals surface area contributed by atoms with Gasteiger partial charge in [-0.15, -0.1) is 0 Å². The van der Waals surface area contributed by atoms with Gasteiger partial charge in [0.15, 0.2) is 0 Å². The summed E-state index contributed by atoms with van der Waals surface area (Å²) in [6.07, 6.45) is -5.05. The molecule has 1 spiro atoms. The molecule has 1 amide bonds. The first-order valence-electron chi connectivity index (χ1n) is 10.3. The number of ether oxygens (including phenoxy) is 1. The quantitative estimate of drug-likeness (QED) is 0.656. The largest absolute Gasteiger partial charge is 0.444 e. The third-order valence-corrected chi connectivity index (χ3v) is 7.93. The van der Waals surface area contributed by atoms with Gasteiger partial charge < -0.3 is 9.64 Å². The number of nitrogens with zero attached hydrogens (tertiary/aromatic N) is 2. The van der Waals surface area contributed by atoms with Crippen LogP contribution >= 0.6 is 0 Å². The first-order chi connectivity index (χ1) is 14.2. The molecular weight excluding hydrogens is 433 g/mol. The number of likely N-dealkylation sites (tertiary alicyclic amines) is 1. The van der Waals surface area contributed by atoms with Crippen LogP contribution in [-0.4, -0.2) is 61.2 Å². The van der Waals surface area contributed by atoms with E-state index in [1.807, 2.05) is 0 Å². The summed E-state index contributed by atoms with van der Waals surface area (Å²) in [6.45, 7) is 6.94. The van der Waals surface area contributed by atoms with Crippen LogP contribution in [0.25, 0.3) is 0 Å². The van der Waals surface area contributed by atoms with Crippen molar-refractivity contribution in [1.29, 1.82) is 0 Å². The zero-order valence-electron chi connectivity index (χ0n) is 18.2. The number of halogens is 3. The number of benzene rings is 1. The topological polar surface area (TPSA) is 66.9 Å². The predicted molar refractivity (Wildman–Crippen MR) is 109 cm³/mol. The van der Waals surface area contributed by atoms with E-state index < -0.39 is 39.4 Å². The summed E-state index contributed by atoms with van der Waals surface area (Å²) in [5.41, 5.74) is -1.14. The van der Waals surface area contributed by atoms with Crippen LogP contribution in [-0.2, 0) is 14.8 Å². The fourth-order valence-electron chi connectivity index (χ4n) is 4.50.